The molecule has 7 heteroatoms. The zero-order valence-electron chi connectivity index (χ0n) is 12.7. The van der Waals surface area contributed by atoms with Gasteiger partial charge in [0.1, 0.15) is 6.54 Å². The number of carbonyl (C=O) groups excluding carboxylic acids is 1. The van der Waals surface area contributed by atoms with Crippen molar-refractivity contribution in [3.63, 3.8) is 0 Å². The first kappa shape index (κ1) is 17.3. The van der Waals surface area contributed by atoms with Crippen molar-refractivity contribution in [3.05, 3.63) is 30.1 Å². The quantitative estimate of drug-likeness (QED) is 0.802. The second-order valence-electron chi connectivity index (χ2n) is 5.84. The standard InChI is InChI=1S/C14H20F3N3O/c1-6-7-19(9-14(15,16)17)12(21)11-8-10(2)20(18-11)13(3,4)5/h6,8H,1,7,9H2,2-5H3. The number of carbonyl (C=O) groups is 1. The number of hydrogen-bond donors (Lipinski definition) is 0. The molecule has 0 N–H and O–H groups in total. The highest BCUT2D eigenvalue weighted by molar-refractivity contribution is 5.92. The average Bonchev–Trinajstić information content (AvgIpc) is 2.67. The molecule has 0 spiro atoms. The second kappa shape index (κ2) is 5.91. The molecule has 0 fully saturated rings. The summed E-state index contributed by atoms with van der Waals surface area (Å²) in [6, 6.07) is 1.50. The lowest BCUT2D eigenvalue weighted by Gasteiger charge is -2.22. The summed E-state index contributed by atoms with van der Waals surface area (Å²) < 4.78 is 39.2. The highest BCUT2D eigenvalue weighted by atomic mass is 19.4. The van der Waals surface area contributed by atoms with Crippen LogP contribution in [0.25, 0.3) is 0 Å². The van der Waals surface area contributed by atoms with Crippen molar-refractivity contribution in [3.8, 4) is 0 Å². The molecule has 1 amide bonds. The minimum absolute atomic E-state index is 0.00789. The number of alkyl halides is 3. The van der Waals surface area contributed by atoms with Gasteiger partial charge in [0.05, 0.1) is 5.54 Å². The van der Waals surface area contributed by atoms with Crippen molar-refractivity contribution < 1.29 is 18.0 Å². The third-order valence-electron chi connectivity index (χ3n) is 2.75. The van der Waals surface area contributed by atoms with Gasteiger partial charge in [-0.1, -0.05) is 6.08 Å². The Balaban J connectivity index is 3.07. The Morgan fingerprint density at radius 2 is 2.00 bits per heavy atom. The molecule has 0 aliphatic carbocycles. The van der Waals surface area contributed by atoms with Crippen LogP contribution in [0.3, 0.4) is 0 Å². The normalized spacial score (nSPS) is 12.3. The minimum Gasteiger partial charge on any atom is -0.324 e. The molecule has 0 saturated carbocycles. The van der Waals surface area contributed by atoms with Crippen molar-refractivity contribution in [2.75, 3.05) is 13.1 Å². The monoisotopic (exact) mass is 303 g/mol. The van der Waals surface area contributed by atoms with E-state index in [4.69, 9.17) is 0 Å². The molecule has 1 aromatic rings. The van der Waals surface area contributed by atoms with Crippen LogP contribution in [0.1, 0.15) is 37.0 Å². The smallest absolute Gasteiger partial charge is 0.324 e. The van der Waals surface area contributed by atoms with E-state index in [1.165, 1.54) is 12.1 Å². The van der Waals surface area contributed by atoms with E-state index in [1.54, 1.807) is 11.6 Å². The molecule has 0 saturated heterocycles. The van der Waals surface area contributed by atoms with E-state index in [9.17, 15) is 18.0 Å². The zero-order valence-corrected chi connectivity index (χ0v) is 12.7. The van der Waals surface area contributed by atoms with Crippen LogP contribution in [-0.4, -0.2) is 39.9 Å². The zero-order chi connectivity index (χ0) is 16.4. The van der Waals surface area contributed by atoms with Gasteiger partial charge >= 0.3 is 6.18 Å². The number of nitrogens with zero attached hydrogens (tertiary/aromatic N) is 3. The van der Waals surface area contributed by atoms with E-state index in [0.29, 0.717) is 4.90 Å². The Hall–Kier alpha value is -1.79. The summed E-state index contributed by atoms with van der Waals surface area (Å²) >= 11 is 0. The second-order valence-corrected chi connectivity index (χ2v) is 5.84. The van der Waals surface area contributed by atoms with Crippen molar-refractivity contribution >= 4 is 5.91 Å². The fourth-order valence-corrected chi connectivity index (χ4v) is 2.01. The van der Waals surface area contributed by atoms with Crippen LogP contribution >= 0.6 is 0 Å². The van der Waals surface area contributed by atoms with E-state index in [0.717, 1.165) is 5.69 Å². The predicted octanol–water partition coefficient (Wildman–Crippen LogP) is 3.14. The van der Waals surface area contributed by atoms with Gasteiger partial charge in [0.2, 0.25) is 0 Å². The minimum atomic E-state index is -4.46. The lowest BCUT2D eigenvalue weighted by molar-refractivity contribution is -0.139. The number of hydrogen-bond acceptors (Lipinski definition) is 2. The molecule has 0 unspecified atom stereocenters. The van der Waals surface area contributed by atoms with Gasteiger partial charge in [-0.25, -0.2) is 0 Å². The summed E-state index contributed by atoms with van der Waals surface area (Å²) in [4.78, 5) is 12.9. The van der Waals surface area contributed by atoms with E-state index >= 15 is 0 Å². The summed E-state index contributed by atoms with van der Waals surface area (Å²) in [6.45, 7) is 9.35. The van der Waals surface area contributed by atoms with Crippen LogP contribution in [0.15, 0.2) is 18.7 Å². The number of rotatable bonds is 4. The Bertz CT molecular complexity index is 527. The molecule has 118 valence electrons. The molecule has 4 nitrogen and oxygen atoms in total. The van der Waals surface area contributed by atoms with Gasteiger partial charge in [0, 0.05) is 12.2 Å². The fourth-order valence-electron chi connectivity index (χ4n) is 2.01. The summed E-state index contributed by atoms with van der Waals surface area (Å²) in [6.07, 6.45) is -3.20. The molecule has 1 rings (SSSR count). The third kappa shape index (κ3) is 4.61. The molecular weight excluding hydrogens is 283 g/mol. The van der Waals surface area contributed by atoms with E-state index in [2.05, 4.69) is 11.7 Å². The lowest BCUT2D eigenvalue weighted by atomic mass is 10.1. The molecule has 0 aromatic carbocycles. The van der Waals surface area contributed by atoms with Gasteiger partial charge < -0.3 is 4.90 Å². The van der Waals surface area contributed by atoms with E-state index < -0.39 is 18.6 Å². The molecule has 1 heterocycles. The molecule has 21 heavy (non-hydrogen) atoms. The first-order valence-electron chi connectivity index (χ1n) is 6.50. The Kier molecular flexibility index (Phi) is 4.86. The van der Waals surface area contributed by atoms with Crippen LogP contribution in [0, 0.1) is 6.92 Å². The van der Waals surface area contributed by atoms with Crippen LogP contribution < -0.4 is 0 Å². The molecular formula is C14H20F3N3O. The average molecular weight is 303 g/mol. The summed E-state index contributed by atoms with van der Waals surface area (Å²) in [5.41, 5.74) is 0.376. The van der Waals surface area contributed by atoms with Crippen molar-refractivity contribution in [2.45, 2.75) is 39.4 Å². The van der Waals surface area contributed by atoms with E-state index in [-0.39, 0.29) is 17.8 Å². The number of aromatic nitrogens is 2. The van der Waals surface area contributed by atoms with Gasteiger partial charge in [-0.15, -0.1) is 6.58 Å². The number of amides is 1. The maximum absolute atomic E-state index is 12.5. The van der Waals surface area contributed by atoms with Crippen molar-refractivity contribution in [1.29, 1.82) is 0 Å². The van der Waals surface area contributed by atoms with Crippen molar-refractivity contribution in [1.82, 2.24) is 14.7 Å². The van der Waals surface area contributed by atoms with Gasteiger partial charge in [-0.3, -0.25) is 9.48 Å². The lowest BCUT2D eigenvalue weighted by Crippen LogP contribution is -2.39. The highest BCUT2D eigenvalue weighted by Crippen LogP contribution is 2.20. The maximum Gasteiger partial charge on any atom is 0.406 e. The highest BCUT2D eigenvalue weighted by Gasteiger charge is 2.34. The Morgan fingerprint density at radius 3 is 2.38 bits per heavy atom. The summed E-state index contributed by atoms with van der Waals surface area (Å²) in [5.74, 6) is -0.752. The number of aryl methyl sites for hydroxylation is 1. The van der Waals surface area contributed by atoms with Gasteiger partial charge in [-0.05, 0) is 33.8 Å². The first-order valence-corrected chi connectivity index (χ1v) is 6.50. The topological polar surface area (TPSA) is 38.1 Å². The molecule has 0 aliphatic heterocycles. The fraction of sp³-hybridized carbons (Fsp3) is 0.571. The molecule has 0 atom stereocenters. The SMILES string of the molecule is C=CCN(CC(F)(F)F)C(=O)c1cc(C)n(C(C)(C)C)n1. The van der Waals surface area contributed by atoms with Gasteiger partial charge in [-0.2, -0.15) is 18.3 Å². The predicted molar refractivity (Wildman–Crippen MR) is 74.1 cm³/mol. The molecule has 0 bridgehead atoms. The molecule has 1 aromatic heterocycles. The van der Waals surface area contributed by atoms with E-state index in [1.807, 2.05) is 20.8 Å². The van der Waals surface area contributed by atoms with Crippen LogP contribution in [0.2, 0.25) is 0 Å². The Morgan fingerprint density at radius 1 is 1.43 bits per heavy atom. The Labute approximate surface area is 122 Å². The summed E-state index contributed by atoms with van der Waals surface area (Å²) in [5, 5.41) is 4.14. The van der Waals surface area contributed by atoms with Gasteiger partial charge in [0.15, 0.2) is 5.69 Å². The maximum atomic E-state index is 12.5. The summed E-state index contributed by atoms with van der Waals surface area (Å²) in [7, 11) is 0. The third-order valence-corrected chi connectivity index (χ3v) is 2.75. The first-order chi connectivity index (χ1) is 9.45. The van der Waals surface area contributed by atoms with Gasteiger partial charge in [0.25, 0.3) is 5.91 Å². The number of halogens is 3. The van der Waals surface area contributed by atoms with Crippen LogP contribution in [0.5, 0.6) is 0 Å². The van der Waals surface area contributed by atoms with Crippen molar-refractivity contribution in [2.24, 2.45) is 0 Å². The molecule has 0 aliphatic rings. The van der Waals surface area contributed by atoms with Crippen LogP contribution in [-0.2, 0) is 5.54 Å². The van der Waals surface area contributed by atoms with Crippen LogP contribution in [0.4, 0.5) is 13.2 Å². The molecule has 0 radical (unpaired) electrons. The largest absolute Gasteiger partial charge is 0.406 e.